The summed E-state index contributed by atoms with van der Waals surface area (Å²) in [5.41, 5.74) is 0. The van der Waals surface area contributed by atoms with E-state index < -0.39 is 0 Å². The van der Waals surface area contributed by atoms with Crippen molar-refractivity contribution in [2.24, 2.45) is 0 Å². The third kappa shape index (κ3) is 96.0. The van der Waals surface area contributed by atoms with Crippen molar-refractivity contribution in [2.45, 2.75) is 48.0 Å². The molecule has 0 heterocycles. The Morgan fingerprint density at radius 1 is 0.857 bits per heavy atom. The molecule has 0 aromatic carbocycles. The van der Waals surface area contributed by atoms with E-state index in [0.29, 0.717) is 0 Å². The third-order valence-electron chi connectivity index (χ3n) is 0.500. The minimum absolute atomic E-state index is 0. The van der Waals surface area contributed by atoms with E-state index in [1.165, 1.54) is 12.8 Å². The van der Waals surface area contributed by atoms with Crippen LogP contribution in [-0.2, 0) is 0 Å². The molecule has 0 saturated heterocycles. The molecule has 0 unspecified atom stereocenters. The summed E-state index contributed by atoms with van der Waals surface area (Å²) < 4.78 is 0. The highest BCUT2D eigenvalue weighted by atomic mass is 13.6. The van der Waals surface area contributed by atoms with Gasteiger partial charge in [0.15, 0.2) is 0 Å². The van der Waals surface area contributed by atoms with E-state index in [2.05, 4.69) is 13.8 Å². The molecule has 0 spiro atoms. The molecule has 0 N–H and O–H groups in total. The fraction of sp³-hybridized carbons (Fsp3) is 1.00. The summed E-state index contributed by atoms with van der Waals surface area (Å²) in [4.78, 5) is 0. The van der Waals surface area contributed by atoms with Gasteiger partial charge in [0.25, 0.3) is 0 Å². The summed E-state index contributed by atoms with van der Waals surface area (Å²) >= 11 is 0. The fourth-order valence-electron chi connectivity index (χ4n) is 0. The lowest BCUT2D eigenvalue weighted by molar-refractivity contribution is 0.886. The lowest BCUT2D eigenvalue weighted by Gasteiger charge is -1.68. The van der Waals surface area contributed by atoms with E-state index in [4.69, 9.17) is 0 Å². The van der Waals surface area contributed by atoms with Gasteiger partial charge in [0.2, 0.25) is 0 Å². The van der Waals surface area contributed by atoms with Crippen molar-refractivity contribution >= 4 is 0 Å². The summed E-state index contributed by atoms with van der Waals surface area (Å²) in [5.74, 6) is 0. The van der Waals surface area contributed by atoms with E-state index in [0.717, 1.165) is 0 Å². The molecule has 0 heteroatoms. The maximum Gasteiger partial charge on any atom is -0.0564 e. The number of hydrogen-bond acceptors (Lipinski definition) is 0. The average Bonchev–Trinajstić information content (AvgIpc) is 1.72. The first kappa shape index (κ1) is 15.8. The summed E-state index contributed by atoms with van der Waals surface area (Å²) in [7, 11) is 0. The highest BCUT2D eigenvalue weighted by Gasteiger charge is 1.56. The molecule has 0 aliphatic carbocycles. The van der Waals surface area contributed by atoms with Gasteiger partial charge < -0.3 is 0 Å². The zero-order chi connectivity index (χ0) is 5.41. The van der Waals surface area contributed by atoms with Gasteiger partial charge in [-0.1, -0.05) is 48.0 Å². The minimum atomic E-state index is 0. The van der Waals surface area contributed by atoms with Gasteiger partial charge in [-0.3, -0.25) is 0 Å². The molecule has 7 heavy (non-hydrogen) atoms. The Morgan fingerprint density at radius 3 is 1.00 bits per heavy atom. The molecule has 0 rings (SSSR count). The van der Waals surface area contributed by atoms with E-state index in [9.17, 15) is 0 Å². The smallest absolute Gasteiger partial charge is 0.0564 e. The van der Waals surface area contributed by atoms with Crippen molar-refractivity contribution in [3.63, 3.8) is 0 Å². The van der Waals surface area contributed by atoms with Gasteiger partial charge in [0.1, 0.15) is 0 Å². The van der Waals surface area contributed by atoms with Crippen LogP contribution in [0.2, 0.25) is 0 Å². The second-order valence-corrected chi connectivity index (χ2v) is 1.000. The summed E-state index contributed by atoms with van der Waals surface area (Å²) in [6.45, 7) is 8.36. The van der Waals surface area contributed by atoms with Crippen LogP contribution in [0.3, 0.4) is 0 Å². The Morgan fingerprint density at radius 2 is 1.00 bits per heavy atom. The summed E-state index contributed by atoms with van der Waals surface area (Å²) in [6.07, 6.45) is 2.64. The first-order valence-corrected chi connectivity index (χ1v) is 2.91. The largest absolute Gasteiger partial charge is 0.0776 e. The van der Waals surface area contributed by atoms with Gasteiger partial charge in [-0.15, -0.1) is 0 Å². The zero-order valence-electron chi connectivity index (χ0n) is 5.41. The SMILES string of the molecule is C.CC.CCCC. The van der Waals surface area contributed by atoms with Crippen molar-refractivity contribution < 1.29 is 0 Å². The van der Waals surface area contributed by atoms with Crippen molar-refractivity contribution in [1.82, 2.24) is 0 Å². The molecule has 0 aromatic rings. The van der Waals surface area contributed by atoms with Gasteiger partial charge in [-0.2, -0.15) is 0 Å². The Bertz CT molecular complexity index is 2.00. The molecule has 0 nitrogen and oxygen atoms in total. The second kappa shape index (κ2) is 37.5. The Balaban J connectivity index is -0.0000000480. The molecule has 48 valence electrons. The highest BCUT2D eigenvalue weighted by Crippen LogP contribution is 1.76. The number of hydrogen-bond donors (Lipinski definition) is 0. The lowest BCUT2D eigenvalue weighted by Crippen LogP contribution is -1.47. The van der Waals surface area contributed by atoms with Crippen LogP contribution in [0.5, 0.6) is 0 Å². The molecule has 0 radical (unpaired) electrons. The first-order chi connectivity index (χ1) is 2.91. The van der Waals surface area contributed by atoms with Gasteiger partial charge in [-0.25, -0.2) is 0 Å². The molecule has 0 saturated carbocycles. The molecule has 0 aliphatic rings. The normalized spacial score (nSPS) is 5.14. The number of unbranched alkanes of at least 4 members (excludes halogenated alkanes) is 1. The molecule has 0 aliphatic heterocycles. The number of rotatable bonds is 1. The first-order valence-electron chi connectivity index (χ1n) is 2.91. The Kier molecular flexibility index (Phi) is 84.4. The molecule has 0 atom stereocenters. The van der Waals surface area contributed by atoms with Crippen LogP contribution in [0.25, 0.3) is 0 Å². The van der Waals surface area contributed by atoms with Crippen molar-refractivity contribution in [3.05, 3.63) is 0 Å². The van der Waals surface area contributed by atoms with Crippen molar-refractivity contribution in [2.75, 3.05) is 0 Å². The molecule has 0 amide bonds. The monoisotopic (exact) mass is 104 g/mol. The van der Waals surface area contributed by atoms with Crippen LogP contribution in [0.4, 0.5) is 0 Å². The van der Waals surface area contributed by atoms with Crippen LogP contribution < -0.4 is 0 Å². The molecule has 0 aromatic heterocycles. The van der Waals surface area contributed by atoms with Crippen LogP contribution in [-0.4, -0.2) is 0 Å². The van der Waals surface area contributed by atoms with E-state index in [-0.39, 0.29) is 7.43 Å². The maximum absolute atomic E-state index is 2.18. The highest BCUT2D eigenvalue weighted by molar-refractivity contribution is 4.12. The molecular weight excluding hydrogens is 84.1 g/mol. The molecule has 0 fully saturated rings. The van der Waals surface area contributed by atoms with Crippen LogP contribution in [0, 0.1) is 0 Å². The fourth-order valence-corrected chi connectivity index (χ4v) is 0. The van der Waals surface area contributed by atoms with Gasteiger partial charge in [0.05, 0.1) is 0 Å². The Labute approximate surface area is 48.9 Å². The quantitative estimate of drug-likeness (QED) is 0.478. The average molecular weight is 104 g/mol. The van der Waals surface area contributed by atoms with Crippen molar-refractivity contribution in [3.8, 4) is 0 Å². The van der Waals surface area contributed by atoms with Gasteiger partial charge in [-0.05, 0) is 0 Å². The standard InChI is InChI=1S/C4H10.C2H6.CH4/c1-3-4-2;1-2;/h3-4H2,1-2H3;1-2H3;1H4. The van der Waals surface area contributed by atoms with Crippen LogP contribution >= 0.6 is 0 Å². The lowest BCUT2D eigenvalue weighted by atomic mass is 10.4. The maximum atomic E-state index is 2.18. The predicted octanol–water partition coefficient (Wildman–Crippen LogP) is 3.47. The van der Waals surface area contributed by atoms with Crippen molar-refractivity contribution in [1.29, 1.82) is 0 Å². The zero-order valence-corrected chi connectivity index (χ0v) is 5.41. The summed E-state index contributed by atoms with van der Waals surface area (Å²) in [6, 6.07) is 0. The van der Waals surface area contributed by atoms with E-state index >= 15 is 0 Å². The van der Waals surface area contributed by atoms with Crippen LogP contribution in [0.15, 0.2) is 0 Å². The predicted molar refractivity (Wildman–Crippen MR) is 38.7 cm³/mol. The van der Waals surface area contributed by atoms with Gasteiger partial charge >= 0.3 is 0 Å². The minimum Gasteiger partial charge on any atom is -0.0776 e. The molecular formula is C7H20. The van der Waals surface area contributed by atoms with Gasteiger partial charge in [0, 0.05) is 0 Å². The Hall–Kier alpha value is 0. The van der Waals surface area contributed by atoms with E-state index in [1.807, 2.05) is 13.8 Å². The summed E-state index contributed by atoms with van der Waals surface area (Å²) in [5, 5.41) is 0. The van der Waals surface area contributed by atoms with Crippen LogP contribution in [0.1, 0.15) is 48.0 Å². The molecule has 0 bridgehead atoms. The third-order valence-corrected chi connectivity index (χ3v) is 0.500. The topological polar surface area (TPSA) is 0 Å². The van der Waals surface area contributed by atoms with E-state index in [1.54, 1.807) is 0 Å². The second-order valence-electron chi connectivity index (χ2n) is 1.000.